The van der Waals surface area contributed by atoms with E-state index >= 15 is 0 Å². The standard InChI is InChI=1S/C7H8NO5PS/c1-5-6(8(9)10)3-2-4-7(5)13-14(11,12)15/h2-4H,1H3,(H2,11,12,15). The molecule has 0 aromatic heterocycles. The number of hydrogen-bond donors (Lipinski definition) is 2. The van der Waals surface area contributed by atoms with Crippen molar-refractivity contribution in [3.05, 3.63) is 33.9 Å². The highest BCUT2D eigenvalue weighted by atomic mass is 32.5. The predicted molar refractivity (Wildman–Crippen MR) is 57.2 cm³/mol. The molecule has 1 aromatic rings. The molecule has 0 aliphatic carbocycles. The lowest BCUT2D eigenvalue weighted by molar-refractivity contribution is -0.385. The van der Waals surface area contributed by atoms with Crippen LogP contribution >= 0.6 is 6.72 Å². The van der Waals surface area contributed by atoms with Gasteiger partial charge in [-0.1, -0.05) is 6.07 Å². The molecule has 15 heavy (non-hydrogen) atoms. The van der Waals surface area contributed by atoms with Gasteiger partial charge >= 0.3 is 6.72 Å². The highest BCUT2D eigenvalue weighted by Crippen LogP contribution is 2.41. The third kappa shape index (κ3) is 3.24. The van der Waals surface area contributed by atoms with E-state index in [9.17, 15) is 10.1 Å². The molecule has 0 bridgehead atoms. The fourth-order valence-corrected chi connectivity index (χ4v) is 1.72. The van der Waals surface area contributed by atoms with E-state index in [1.165, 1.54) is 25.1 Å². The molecule has 0 radical (unpaired) electrons. The molecular weight excluding hydrogens is 241 g/mol. The van der Waals surface area contributed by atoms with Gasteiger partial charge in [0.15, 0.2) is 0 Å². The second-order valence-corrected chi connectivity index (χ2v) is 5.33. The lowest BCUT2D eigenvalue weighted by atomic mass is 10.2. The molecule has 82 valence electrons. The van der Waals surface area contributed by atoms with Gasteiger partial charge in [0.25, 0.3) is 5.69 Å². The maximum Gasteiger partial charge on any atom is 0.375 e. The van der Waals surface area contributed by atoms with E-state index in [0.717, 1.165) is 0 Å². The number of benzene rings is 1. The summed E-state index contributed by atoms with van der Waals surface area (Å²) in [5.41, 5.74) is 0.0516. The van der Waals surface area contributed by atoms with Gasteiger partial charge in [-0.25, -0.2) is 0 Å². The van der Waals surface area contributed by atoms with E-state index in [-0.39, 0.29) is 17.0 Å². The number of nitro groups is 1. The second kappa shape index (κ2) is 4.24. The van der Waals surface area contributed by atoms with E-state index in [0.29, 0.717) is 0 Å². The lowest BCUT2D eigenvalue weighted by Gasteiger charge is -2.11. The number of nitrogens with zero attached hydrogens (tertiary/aromatic N) is 1. The largest absolute Gasteiger partial charge is 0.424 e. The van der Waals surface area contributed by atoms with Crippen molar-refractivity contribution in [2.24, 2.45) is 0 Å². The van der Waals surface area contributed by atoms with Crippen molar-refractivity contribution in [1.29, 1.82) is 0 Å². The summed E-state index contributed by atoms with van der Waals surface area (Å²) >= 11 is 4.27. The van der Waals surface area contributed by atoms with Crippen LogP contribution in [0.3, 0.4) is 0 Å². The summed E-state index contributed by atoms with van der Waals surface area (Å²) < 4.78 is 4.66. The van der Waals surface area contributed by atoms with Gasteiger partial charge in [-0.2, -0.15) is 0 Å². The molecule has 0 unspecified atom stereocenters. The van der Waals surface area contributed by atoms with Crippen LogP contribution in [0.1, 0.15) is 5.56 Å². The van der Waals surface area contributed by atoms with Crippen LogP contribution in [0.15, 0.2) is 18.2 Å². The summed E-state index contributed by atoms with van der Waals surface area (Å²) in [5.74, 6) is 0.0116. The molecule has 8 heteroatoms. The molecule has 1 aromatic carbocycles. The predicted octanol–water partition coefficient (Wildman–Crippen LogP) is 1.49. The van der Waals surface area contributed by atoms with Gasteiger partial charge in [0.2, 0.25) is 0 Å². The van der Waals surface area contributed by atoms with Crippen molar-refractivity contribution in [1.82, 2.24) is 0 Å². The molecule has 0 aliphatic rings. The maximum atomic E-state index is 10.5. The Kier molecular flexibility index (Phi) is 3.41. The molecule has 2 N–H and O–H groups in total. The Hall–Kier alpha value is -1.01. The average molecular weight is 249 g/mol. The minimum atomic E-state index is -3.85. The van der Waals surface area contributed by atoms with Crippen LogP contribution in [-0.4, -0.2) is 14.7 Å². The summed E-state index contributed by atoms with van der Waals surface area (Å²) in [4.78, 5) is 27.8. The number of hydrogen-bond acceptors (Lipinski definition) is 4. The lowest BCUT2D eigenvalue weighted by Crippen LogP contribution is -1.96. The minimum absolute atomic E-state index is 0.0116. The van der Waals surface area contributed by atoms with Crippen LogP contribution in [-0.2, 0) is 11.8 Å². The number of nitro benzene ring substituents is 1. The third-order valence-corrected chi connectivity index (χ3v) is 2.33. The zero-order valence-corrected chi connectivity index (χ0v) is 9.36. The van der Waals surface area contributed by atoms with Crippen molar-refractivity contribution >= 4 is 24.2 Å². The molecule has 0 saturated heterocycles. The normalized spacial score (nSPS) is 11.1. The summed E-state index contributed by atoms with van der Waals surface area (Å²) in [7, 11) is 0. The highest BCUT2D eigenvalue weighted by Gasteiger charge is 2.18. The zero-order chi connectivity index (χ0) is 11.6. The molecule has 0 fully saturated rings. The van der Waals surface area contributed by atoms with Crippen molar-refractivity contribution in [3.63, 3.8) is 0 Å². The number of rotatable bonds is 3. The Bertz CT molecular complexity index is 443. The molecule has 0 spiro atoms. The van der Waals surface area contributed by atoms with Gasteiger partial charge in [0.1, 0.15) is 5.75 Å². The third-order valence-electron chi connectivity index (χ3n) is 1.67. The van der Waals surface area contributed by atoms with Gasteiger partial charge < -0.3 is 14.3 Å². The summed E-state index contributed by atoms with van der Waals surface area (Å²) in [6.07, 6.45) is 0. The summed E-state index contributed by atoms with van der Waals surface area (Å²) in [6, 6.07) is 4.06. The Morgan fingerprint density at radius 2 is 2.13 bits per heavy atom. The van der Waals surface area contributed by atoms with Crippen molar-refractivity contribution in [2.75, 3.05) is 0 Å². The molecule has 6 nitrogen and oxygen atoms in total. The van der Waals surface area contributed by atoms with Gasteiger partial charge in [0.05, 0.1) is 10.5 Å². The first-order valence-corrected chi connectivity index (χ1v) is 6.43. The molecule has 0 saturated carbocycles. The Morgan fingerprint density at radius 1 is 1.53 bits per heavy atom. The van der Waals surface area contributed by atoms with Crippen LogP contribution in [0, 0.1) is 17.0 Å². The molecule has 0 aliphatic heterocycles. The van der Waals surface area contributed by atoms with Crippen molar-refractivity contribution < 1.29 is 19.2 Å². The van der Waals surface area contributed by atoms with Gasteiger partial charge in [-0.15, -0.1) is 0 Å². The molecule has 0 atom stereocenters. The van der Waals surface area contributed by atoms with Gasteiger partial charge in [-0.05, 0) is 13.0 Å². The fraction of sp³-hybridized carbons (Fsp3) is 0.143. The SMILES string of the molecule is Cc1c(OP(O)(O)=S)cccc1[N+](=O)[O-]. The Morgan fingerprint density at radius 3 is 2.60 bits per heavy atom. The Balaban J connectivity index is 3.16. The van der Waals surface area contributed by atoms with Gasteiger partial charge in [0, 0.05) is 17.9 Å². The first kappa shape index (κ1) is 12.1. The Labute approximate surface area is 90.5 Å². The van der Waals surface area contributed by atoms with Crippen LogP contribution < -0.4 is 4.52 Å². The van der Waals surface area contributed by atoms with E-state index < -0.39 is 11.6 Å². The maximum absolute atomic E-state index is 10.5. The monoisotopic (exact) mass is 249 g/mol. The molecule has 0 heterocycles. The smallest absolute Gasteiger partial charge is 0.375 e. The van der Waals surface area contributed by atoms with Crippen LogP contribution in [0.25, 0.3) is 0 Å². The average Bonchev–Trinajstić information content (AvgIpc) is 2.05. The van der Waals surface area contributed by atoms with Crippen LogP contribution in [0.4, 0.5) is 5.69 Å². The topological polar surface area (TPSA) is 92.8 Å². The molecule has 1 rings (SSSR count). The van der Waals surface area contributed by atoms with E-state index in [1.54, 1.807) is 0 Å². The van der Waals surface area contributed by atoms with E-state index in [4.69, 9.17) is 9.79 Å². The fourth-order valence-electron chi connectivity index (χ4n) is 1.03. The molecular formula is C7H8NO5PS. The van der Waals surface area contributed by atoms with Crippen molar-refractivity contribution in [2.45, 2.75) is 6.92 Å². The summed E-state index contributed by atoms with van der Waals surface area (Å²) in [5, 5.41) is 10.5. The van der Waals surface area contributed by atoms with E-state index in [2.05, 4.69) is 16.3 Å². The quantitative estimate of drug-likeness (QED) is 0.479. The zero-order valence-electron chi connectivity index (χ0n) is 7.65. The highest BCUT2D eigenvalue weighted by molar-refractivity contribution is 8.06. The minimum Gasteiger partial charge on any atom is -0.424 e. The van der Waals surface area contributed by atoms with Crippen LogP contribution in [0.5, 0.6) is 5.75 Å². The summed E-state index contributed by atoms with van der Waals surface area (Å²) in [6.45, 7) is -2.41. The van der Waals surface area contributed by atoms with Gasteiger partial charge in [-0.3, -0.25) is 10.1 Å². The van der Waals surface area contributed by atoms with Crippen LogP contribution in [0.2, 0.25) is 0 Å². The van der Waals surface area contributed by atoms with E-state index in [1.807, 2.05) is 0 Å². The first-order valence-electron chi connectivity index (χ1n) is 3.80. The first-order chi connectivity index (χ1) is 6.81. The van der Waals surface area contributed by atoms with Crippen molar-refractivity contribution in [3.8, 4) is 5.75 Å². The second-order valence-electron chi connectivity index (χ2n) is 2.74. The molecule has 0 amide bonds.